The minimum absolute atomic E-state index is 0.192. The number of hydrogen-bond donors (Lipinski definition) is 0. The van der Waals surface area contributed by atoms with Gasteiger partial charge in [-0.25, -0.2) is 8.42 Å². The Balaban J connectivity index is 2.43. The maximum Gasteiger partial charge on any atom is 0.160 e. The van der Waals surface area contributed by atoms with Crippen LogP contribution in [0.4, 0.5) is 0 Å². The monoisotopic (exact) mass is 234 g/mol. The molecule has 15 heavy (non-hydrogen) atoms. The molecule has 1 rings (SSSR count). The fourth-order valence-corrected chi connectivity index (χ4v) is 2.80. The Kier molecular flexibility index (Phi) is 3.79. The zero-order valence-corrected chi connectivity index (χ0v) is 11.0. The van der Waals surface area contributed by atoms with Crippen molar-refractivity contribution in [3.63, 3.8) is 0 Å². The van der Waals surface area contributed by atoms with E-state index < -0.39 is 9.84 Å². The topological polar surface area (TPSA) is 40.6 Å². The zero-order chi connectivity index (χ0) is 11.7. The second kappa shape index (κ2) is 4.39. The van der Waals surface area contributed by atoms with Gasteiger partial charge < -0.3 is 0 Å². The summed E-state index contributed by atoms with van der Waals surface area (Å²) in [6.45, 7) is 10.2. The van der Waals surface area contributed by atoms with Crippen molar-refractivity contribution in [2.24, 2.45) is 0 Å². The second-order valence-electron chi connectivity index (χ2n) is 5.33. The van der Waals surface area contributed by atoms with E-state index in [9.17, 15) is 8.42 Å². The first kappa shape index (κ1) is 12.9. The van der Waals surface area contributed by atoms with Gasteiger partial charge in [-0.15, -0.1) is 0 Å². The third kappa shape index (κ3) is 4.49. The van der Waals surface area contributed by atoms with Crippen LogP contribution in [0.1, 0.15) is 20.8 Å². The highest BCUT2D eigenvalue weighted by atomic mass is 32.2. The second-order valence-corrected chi connectivity index (χ2v) is 7.44. The summed E-state index contributed by atoms with van der Waals surface area (Å²) >= 11 is 0. The van der Waals surface area contributed by atoms with E-state index >= 15 is 0 Å². The van der Waals surface area contributed by atoms with Gasteiger partial charge >= 0.3 is 0 Å². The first-order valence-electron chi connectivity index (χ1n) is 5.34. The fraction of sp³-hybridized carbons (Fsp3) is 1.00. The molecule has 0 bridgehead atoms. The Hall–Kier alpha value is -0.130. The summed E-state index contributed by atoms with van der Waals surface area (Å²) in [7, 11) is -2.87. The van der Waals surface area contributed by atoms with Crippen LogP contribution in [0.2, 0.25) is 0 Å². The molecule has 0 aromatic rings. The van der Waals surface area contributed by atoms with Crippen LogP contribution in [0.5, 0.6) is 0 Å². The molecule has 90 valence electrons. The maximum atomic E-state index is 11.1. The molecule has 0 radical (unpaired) electrons. The van der Waals surface area contributed by atoms with Gasteiger partial charge in [0.05, 0.1) is 0 Å². The van der Waals surface area contributed by atoms with Crippen LogP contribution in [0.15, 0.2) is 0 Å². The van der Waals surface area contributed by atoms with Gasteiger partial charge in [-0.2, -0.15) is 0 Å². The first-order chi connectivity index (χ1) is 6.68. The van der Waals surface area contributed by atoms with Crippen LogP contribution in [-0.4, -0.2) is 62.1 Å². The van der Waals surface area contributed by atoms with Gasteiger partial charge in [-0.05, 0) is 20.8 Å². The average molecular weight is 234 g/mol. The van der Waals surface area contributed by atoms with Crippen molar-refractivity contribution in [2.45, 2.75) is 26.3 Å². The van der Waals surface area contributed by atoms with Gasteiger partial charge in [-0.3, -0.25) is 9.80 Å². The van der Waals surface area contributed by atoms with E-state index in [1.807, 2.05) is 4.90 Å². The molecule has 0 saturated carbocycles. The standard InChI is InChI=1S/C10H22N2O2S/c1-10(2,3)12-7-5-11(6-8-12)9-15(4,13)14/h5-9H2,1-4H3. The molecular formula is C10H22N2O2S. The number of hydrogen-bond acceptors (Lipinski definition) is 4. The van der Waals surface area contributed by atoms with E-state index in [0.29, 0.717) is 0 Å². The molecule has 1 aliphatic heterocycles. The molecule has 1 aliphatic rings. The number of nitrogens with zero attached hydrogens (tertiary/aromatic N) is 2. The summed E-state index contributed by atoms with van der Waals surface area (Å²) in [4.78, 5) is 4.41. The van der Waals surface area contributed by atoms with Crippen LogP contribution < -0.4 is 0 Å². The molecule has 0 aromatic heterocycles. The van der Waals surface area contributed by atoms with Crippen molar-refractivity contribution < 1.29 is 8.42 Å². The summed E-state index contributed by atoms with van der Waals surface area (Å²) in [5.74, 6) is 0.199. The van der Waals surface area contributed by atoms with Crippen molar-refractivity contribution in [3.8, 4) is 0 Å². The molecule has 0 unspecified atom stereocenters. The Bertz CT molecular complexity index is 298. The minimum Gasteiger partial charge on any atom is -0.296 e. The highest BCUT2D eigenvalue weighted by Gasteiger charge is 2.26. The number of rotatable bonds is 2. The highest BCUT2D eigenvalue weighted by molar-refractivity contribution is 7.90. The molecule has 0 N–H and O–H groups in total. The smallest absolute Gasteiger partial charge is 0.160 e. The first-order valence-corrected chi connectivity index (χ1v) is 7.40. The third-order valence-electron chi connectivity index (χ3n) is 2.74. The molecule has 1 saturated heterocycles. The summed E-state index contributed by atoms with van der Waals surface area (Å²) in [6.07, 6.45) is 1.29. The normalized spacial score (nSPS) is 21.9. The largest absolute Gasteiger partial charge is 0.296 e. The Morgan fingerprint density at radius 2 is 1.53 bits per heavy atom. The molecule has 0 aromatic carbocycles. The quantitative estimate of drug-likeness (QED) is 0.694. The number of piperazine rings is 1. The molecule has 4 nitrogen and oxygen atoms in total. The molecular weight excluding hydrogens is 212 g/mol. The minimum atomic E-state index is -2.87. The van der Waals surface area contributed by atoms with Crippen molar-refractivity contribution >= 4 is 9.84 Å². The lowest BCUT2D eigenvalue weighted by molar-refractivity contribution is 0.0702. The lowest BCUT2D eigenvalue weighted by atomic mass is 10.1. The predicted molar refractivity (Wildman–Crippen MR) is 62.6 cm³/mol. The van der Waals surface area contributed by atoms with Gasteiger partial charge in [0.15, 0.2) is 9.84 Å². The molecule has 0 aliphatic carbocycles. The summed E-state index contributed by atoms with van der Waals surface area (Å²) in [5.41, 5.74) is 0.192. The Labute approximate surface area is 93.2 Å². The molecule has 0 spiro atoms. The van der Waals surface area contributed by atoms with Crippen LogP contribution in [0.25, 0.3) is 0 Å². The SMILES string of the molecule is CC(C)(C)N1CCN(CS(C)(=O)=O)CC1. The summed E-state index contributed by atoms with van der Waals surface area (Å²) < 4.78 is 22.2. The highest BCUT2D eigenvalue weighted by Crippen LogP contribution is 2.15. The molecule has 0 atom stereocenters. The van der Waals surface area contributed by atoms with Crippen LogP contribution in [0, 0.1) is 0 Å². The summed E-state index contributed by atoms with van der Waals surface area (Å²) in [5, 5.41) is 0. The fourth-order valence-electron chi connectivity index (χ4n) is 1.88. The molecule has 1 fully saturated rings. The van der Waals surface area contributed by atoms with E-state index in [1.54, 1.807) is 0 Å². The predicted octanol–water partition coefficient (Wildman–Crippen LogP) is 0.405. The van der Waals surface area contributed by atoms with E-state index in [2.05, 4.69) is 25.7 Å². The molecule has 1 heterocycles. The van der Waals surface area contributed by atoms with Crippen molar-refractivity contribution in [1.29, 1.82) is 0 Å². The van der Waals surface area contributed by atoms with Gasteiger partial charge in [0.1, 0.15) is 5.88 Å². The lowest BCUT2D eigenvalue weighted by Crippen LogP contribution is -2.54. The number of sulfone groups is 1. The van der Waals surface area contributed by atoms with Gasteiger partial charge in [0, 0.05) is 38.0 Å². The van der Waals surface area contributed by atoms with Crippen LogP contribution in [0.3, 0.4) is 0 Å². The van der Waals surface area contributed by atoms with E-state index in [1.165, 1.54) is 6.26 Å². The molecule has 5 heteroatoms. The lowest BCUT2D eigenvalue weighted by Gasteiger charge is -2.42. The van der Waals surface area contributed by atoms with Gasteiger partial charge in [0.25, 0.3) is 0 Å². The zero-order valence-electron chi connectivity index (χ0n) is 10.2. The average Bonchev–Trinajstić information content (AvgIpc) is 2.00. The maximum absolute atomic E-state index is 11.1. The van der Waals surface area contributed by atoms with Crippen LogP contribution >= 0.6 is 0 Å². The van der Waals surface area contributed by atoms with E-state index in [4.69, 9.17) is 0 Å². The van der Waals surface area contributed by atoms with E-state index in [-0.39, 0.29) is 11.4 Å². The van der Waals surface area contributed by atoms with Gasteiger partial charge in [-0.1, -0.05) is 0 Å². The van der Waals surface area contributed by atoms with Crippen molar-refractivity contribution in [2.75, 3.05) is 38.3 Å². The van der Waals surface area contributed by atoms with Crippen molar-refractivity contribution in [1.82, 2.24) is 9.80 Å². The third-order valence-corrected chi connectivity index (χ3v) is 3.57. The van der Waals surface area contributed by atoms with Crippen molar-refractivity contribution in [3.05, 3.63) is 0 Å². The van der Waals surface area contributed by atoms with Gasteiger partial charge in [0.2, 0.25) is 0 Å². The van der Waals surface area contributed by atoms with Crippen LogP contribution in [-0.2, 0) is 9.84 Å². The molecule has 0 amide bonds. The Morgan fingerprint density at radius 3 is 1.87 bits per heavy atom. The van der Waals surface area contributed by atoms with E-state index in [0.717, 1.165) is 26.2 Å². The Morgan fingerprint density at radius 1 is 1.07 bits per heavy atom. The summed E-state index contributed by atoms with van der Waals surface area (Å²) in [6, 6.07) is 0.